The highest BCUT2D eigenvalue weighted by atomic mass is 35.5. The van der Waals surface area contributed by atoms with Crippen LogP contribution in [-0.4, -0.2) is 45.8 Å². The second kappa shape index (κ2) is 10.9. The molecular formula is C20H23ClN4O5S. The molecule has 0 atom stereocenters. The predicted molar refractivity (Wildman–Crippen MR) is 117 cm³/mol. The van der Waals surface area contributed by atoms with Crippen LogP contribution < -0.4 is 20.7 Å². The van der Waals surface area contributed by atoms with Crippen molar-refractivity contribution in [1.82, 2.24) is 15.4 Å². The van der Waals surface area contributed by atoms with Crippen LogP contribution in [0.15, 0.2) is 47.4 Å². The summed E-state index contributed by atoms with van der Waals surface area (Å²) in [5, 5.41) is 7.76. The highest BCUT2D eigenvalue weighted by Gasteiger charge is 2.16. The first-order valence-corrected chi connectivity index (χ1v) is 11.1. The molecule has 0 aliphatic rings. The molecular weight excluding hydrogens is 444 g/mol. The molecule has 0 saturated carbocycles. The van der Waals surface area contributed by atoms with Crippen LogP contribution >= 0.6 is 11.6 Å². The Morgan fingerprint density at radius 3 is 2.06 bits per heavy atom. The van der Waals surface area contributed by atoms with E-state index in [1.165, 1.54) is 12.1 Å². The summed E-state index contributed by atoms with van der Waals surface area (Å²) in [5.41, 5.74) is 2.13. The van der Waals surface area contributed by atoms with Crippen molar-refractivity contribution >= 4 is 45.0 Å². The third-order valence-electron chi connectivity index (χ3n) is 4.19. The van der Waals surface area contributed by atoms with E-state index in [1.807, 2.05) is 6.92 Å². The molecule has 9 nitrogen and oxygen atoms in total. The van der Waals surface area contributed by atoms with Gasteiger partial charge in [0.25, 0.3) is 0 Å². The molecule has 0 spiro atoms. The molecule has 0 saturated heterocycles. The minimum atomic E-state index is -3.84. The van der Waals surface area contributed by atoms with Gasteiger partial charge in [-0.25, -0.2) is 13.1 Å². The van der Waals surface area contributed by atoms with Crippen LogP contribution in [0.25, 0.3) is 0 Å². The number of hydrogen-bond donors (Lipinski definition) is 4. The topological polar surface area (TPSA) is 133 Å². The number of amides is 3. The van der Waals surface area contributed by atoms with Gasteiger partial charge in [0, 0.05) is 10.7 Å². The predicted octanol–water partition coefficient (Wildman–Crippen LogP) is 1.11. The maximum Gasteiger partial charge on any atom is 0.243 e. The van der Waals surface area contributed by atoms with Gasteiger partial charge in [-0.15, -0.1) is 0 Å². The molecule has 0 bridgehead atoms. The SMILES string of the molecule is Cc1ccc(S(=O)(=O)NCC(=O)NCC(=O)NCC(=O)Nc2cccc(Cl)c2C)cc1. The Morgan fingerprint density at radius 1 is 0.839 bits per heavy atom. The highest BCUT2D eigenvalue weighted by Crippen LogP contribution is 2.22. The number of benzene rings is 2. The Balaban J connectivity index is 1.72. The molecule has 0 aliphatic carbocycles. The molecule has 0 fully saturated rings. The Bertz CT molecular complexity index is 1070. The fourth-order valence-electron chi connectivity index (χ4n) is 2.38. The van der Waals surface area contributed by atoms with E-state index in [1.54, 1.807) is 37.3 Å². The van der Waals surface area contributed by atoms with Crippen LogP contribution in [0.3, 0.4) is 0 Å². The van der Waals surface area contributed by atoms with Crippen LogP contribution in [-0.2, 0) is 24.4 Å². The summed E-state index contributed by atoms with van der Waals surface area (Å²) in [7, 11) is -3.84. The first-order valence-electron chi connectivity index (χ1n) is 9.23. The van der Waals surface area contributed by atoms with Gasteiger partial charge in [-0.1, -0.05) is 35.4 Å². The summed E-state index contributed by atoms with van der Waals surface area (Å²) in [6, 6.07) is 11.2. The maximum atomic E-state index is 12.1. The number of nitrogens with one attached hydrogen (secondary N) is 4. The maximum absolute atomic E-state index is 12.1. The largest absolute Gasteiger partial charge is 0.346 e. The van der Waals surface area contributed by atoms with Gasteiger partial charge >= 0.3 is 0 Å². The number of rotatable bonds is 9. The number of aryl methyl sites for hydroxylation is 1. The lowest BCUT2D eigenvalue weighted by Crippen LogP contribution is -2.43. The van der Waals surface area contributed by atoms with Crippen LogP contribution in [0.4, 0.5) is 5.69 Å². The van der Waals surface area contributed by atoms with Gasteiger partial charge in [0.05, 0.1) is 24.5 Å². The summed E-state index contributed by atoms with van der Waals surface area (Å²) in [6.45, 7) is 2.33. The second-order valence-corrected chi connectivity index (χ2v) is 8.83. The monoisotopic (exact) mass is 466 g/mol. The molecule has 0 aromatic heterocycles. The first kappa shape index (κ1) is 24.3. The molecule has 166 valence electrons. The number of halogens is 1. The van der Waals surface area contributed by atoms with Crippen LogP contribution in [0, 0.1) is 13.8 Å². The summed E-state index contributed by atoms with van der Waals surface area (Å²) in [5.74, 6) is -1.76. The quantitative estimate of drug-likeness (QED) is 0.439. The van der Waals surface area contributed by atoms with E-state index in [0.29, 0.717) is 16.3 Å². The number of carbonyl (C=O) groups excluding carboxylic acids is 3. The molecule has 3 amide bonds. The van der Waals surface area contributed by atoms with Gasteiger partial charge in [-0.3, -0.25) is 14.4 Å². The fourth-order valence-corrected chi connectivity index (χ4v) is 3.54. The Labute approximate surface area is 185 Å². The van der Waals surface area contributed by atoms with Crippen molar-refractivity contribution < 1.29 is 22.8 Å². The van der Waals surface area contributed by atoms with Crippen molar-refractivity contribution in [3.8, 4) is 0 Å². The van der Waals surface area contributed by atoms with E-state index in [-0.39, 0.29) is 11.4 Å². The molecule has 2 rings (SSSR count). The smallest absolute Gasteiger partial charge is 0.243 e. The zero-order valence-corrected chi connectivity index (χ0v) is 18.6. The normalized spacial score (nSPS) is 10.9. The van der Waals surface area contributed by atoms with E-state index in [2.05, 4.69) is 20.7 Å². The lowest BCUT2D eigenvalue weighted by molar-refractivity contribution is -0.126. The van der Waals surface area contributed by atoms with Gasteiger partial charge in [0.1, 0.15) is 0 Å². The summed E-state index contributed by atoms with van der Waals surface area (Å²) in [4.78, 5) is 35.6. The average Bonchev–Trinajstić information content (AvgIpc) is 2.73. The number of sulfonamides is 1. The summed E-state index contributed by atoms with van der Waals surface area (Å²) < 4.78 is 26.4. The van der Waals surface area contributed by atoms with Crippen LogP contribution in [0.2, 0.25) is 5.02 Å². The summed E-state index contributed by atoms with van der Waals surface area (Å²) in [6.07, 6.45) is 0. The van der Waals surface area contributed by atoms with E-state index in [0.717, 1.165) is 5.56 Å². The van der Waals surface area contributed by atoms with Gasteiger partial charge < -0.3 is 16.0 Å². The lowest BCUT2D eigenvalue weighted by atomic mass is 10.2. The van der Waals surface area contributed by atoms with E-state index >= 15 is 0 Å². The molecule has 4 N–H and O–H groups in total. The van der Waals surface area contributed by atoms with E-state index < -0.39 is 40.8 Å². The third kappa shape index (κ3) is 7.67. The minimum absolute atomic E-state index is 0.0320. The van der Waals surface area contributed by atoms with Gasteiger partial charge in [-0.2, -0.15) is 0 Å². The van der Waals surface area contributed by atoms with Crippen molar-refractivity contribution in [1.29, 1.82) is 0 Å². The zero-order chi connectivity index (χ0) is 23.0. The molecule has 0 radical (unpaired) electrons. The summed E-state index contributed by atoms with van der Waals surface area (Å²) >= 11 is 5.99. The van der Waals surface area contributed by atoms with Crippen molar-refractivity contribution in [3.63, 3.8) is 0 Å². The minimum Gasteiger partial charge on any atom is -0.346 e. The Kier molecular flexibility index (Phi) is 8.55. The first-order chi connectivity index (χ1) is 14.6. The Morgan fingerprint density at radius 2 is 1.42 bits per heavy atom. The van der Waals surface area contributed by atoms with Gasteiger partial charge in [-0.05, 0) is 43.7 Å². The number of hydrogen-bond acceptors (Lipinski definition) is 5. The molecule has 2 aromatic carbocycles. The molecule has 0 unspecified atom stereocenters. The number of anilines is 1. The molecule has 0 aliphatic heterocycles. The van der Waals surface area contributed by atoms with Crippen LogP contribution in [0.1, 0.15) is 11.1 Å². The molecule has 2 aromatic rings. The zero-order valence-electron chi connectivity index (χ0n) is 17.0. The van der Waals surface area contributed by atoms with Crippen molar-refractivity contribution in [2.24, 2.45) is 0 Å². The van der Waals surface area contributed by atoms with Crippen LogP contribution in [0.5, 0.6) is 0 Å². The van der Waals surface area contributed by atoms with E-state index in [9.17, 15) is 22.8 Å². The van der Waals surface area contributed by atoms with Crippen molar-refractivity contribution in [2.75, 3.05) is 25.0 Å². The highest BCUT2D eigenvalue weighted by molar-refractivity contribution is 7.89. The molecule has 0 heterocycles. The van der Waals surface area contributed by atoms with E-state index in [4.69, 9.17) is 11.6 Å². The average molecular weight is 467 g/mol. The van der Waals surface area contributed by atoms with Gasteiger partial charge in [0.2, 0.25) is 27.7 Å². The fraction of sp³-hybridized carbons (Fsp3) is 0.250. The standard InChI is InChI=1S/C20H23ClN4O5S/c1-13-6-8-15(9-7-13)31(29,30)24-12-19(27)22-10-18(26)23-11-20(28)25-17-5-3-4-16(21)14(17)2/h3-9,24H,10-12H2,1-2H3,(H,22,27)(H,23,26)(H,25,28). The second-order valence-electron chi connectivity index (χ2n) is 6.65. The van der Waals surface area contributed by atoms with Crippen molar-refractivity contribution in [3.05, 3.63) is 58.6 Å². The van der Waals surface area contributed by atoms with Crippen molar-refractivity contribution in [2.45, 2.75) is 18.7 Å². The lowest BCUT2D eigenvalue weighted by Gasteiger charge is -2.11. The number of carbonyl (C=O) groups is 3. The van der Waals surface area contributed by atoms with Gasteiger partial charge in [0.15, 0.2) is 0 Å². The molecule has 11 heteroatoms. The molecule has 31 heavy (non-hydrogen) atoms. The Hall–Kier alpha value is -2.95. The third-order valence-corrected chi connectivity index (χ3v) is 6.01.